The molecule has 3 aromatic rings. The molecule has 0 spiro atoms. The van der Waals surface area contributed by atoms with Gasteiger partial charge in [-0.15, -0.1) is 0 Å². The van der Waals surface area contributed by atoms with Gasteiger partial charge in [-0.05, 0) is 25.5 Å². The van der Waals surface area contributed by atoms with E-state index in [4.69, 9.17) is 4.42 Å². The number of aromatic nitrogens is 1. The standard InChI is InChI=1S/C13H13NO/c1-8-9(2)14(3)13-12(8)10-6-4-5-7-11(10)15-13/h4-7H,1-3H3. The van der Waals surface area contributed by atoms with Crippen LogP contribution < -0.4 is 0 Å². The van der Waals surface area contributed by atoms with Crippen molar-refractivity contribution >= 4 is 22.1 Å². The predicted octanol–water partition coefficient (Wildman–Crippen LogP) is 3.54. The van der Waals surface area contributed by atoms with Crippen molar-refractivity contribution in [2.24, 2.45) is 7.05 Å². The smallest absolute Gasteiger partial charge is 0.208 e. The second-order valence-electron chi connectivity index (χ2n) is 4.05. The van der Waals surface area contributed by atoms with E-state index in [9.17, 15) is 0 Å². The van der Waals surface area contributed by atoms with Crippen LogP contribution in [0.3, 0.4) is 0 Å². The van der Waals surface area contributed by atoms with Crippen LogP contribution in [0.25, 0.3) is 22.1 Å². The molecule has 0 amide bonds. The Labute approximate surface area is 88.1 Å². The molecule has 0 aliphatic carbocycles. The molecule has 15 heavy (non-hydrogen) atoms. The molecule has 0 N–H and O–H groups in total. The van der Waals surface area contributed by atoms with Gasteiger partial charge in [-0.2, -0.15) is 0 Å². The molecule has 3 rings (SSSR count). The summed E-state index contributed by atoms with van der Waals surface area (Å²) in [5.41, 5.74) is 4.54. The third-order valence-electron chi connectivity index (χ3n) is 3.30. The zero-order valence-electron chi connectivity index (χ0n) is 9.16. The van der Waals surface area contributed by atoms with E-state index >= 15 is 0 Å². The first-order chi connectivity index (χ1) is 7.20. The van der Waals surface area contributed by atoms with Crippen molar-refractivity contribution in [3.05, 3.63) is 35.5 Å². The molecule has 0 aliphatic rings. The van der Waals surface area contributed by atoms with Gasteiger partial charge in [-0.1, -0.05) is 18.2 Å². The lowest BCUT2D eigenvalue weighted by Crippen LogP contribution is -1.89. The number of hydrogen-bond donors (Lipinski definition) is 0. The maximum atomic E-state index is 5.85. The molecule has 0 radical (unpaired) electrons. The topological polar surface area (TPSA) is 18.1 Å². The van der Waals surface area contributed by atoms with Crippen molar-refractivity contribution in [2.45, 2.75) is 13.8 Å². The zero-order chi connectivity index (χ0) is 10.6. The van der Waals surface area contributed by atoms with Gasteiger partial charge in [-0.25, -0.2) is 0 Å². The molecule has 0 atom stereocenters. The van der Waals surface area contributed by atoms with Crippen LogP contribution in [-0.2, 0) is 7.05 Å². The van der Waals surface area contributed by atoms with Gasteiger partial charge in [0.05, 0.1) is 5.39 Å². The van der Waals surface area contributed by atoms with Crippen molar-refractivity contribution in [2.75, 3.05) is 0 Å². The number of rotatable bonds is 0. The monoisotopic (exact) mass is 199 g/mol. The summed E-state index contributed by atoms with van der Waals surface area (Å²) in [5.74, 6) is 0. The van der Waals surface area contributed by atoms with Gasteiger partial charge in [0.1, 0.15) is 5.58 Å². The number of hydrogen-bond acceptors (Lipinski definition) is 1. The van der Waals surface area contributed by atoms with Crippen molar-refractivity contribution in [3.8, 4) is 0 Å². The van der Waals surface area contributed by atoms with Crippen LogP contribution in [0.4, 0.5) is 0 Å². The van der Waals surface area contributed by atoms with E-state index in [-0.39, 0.29) is 0 Å². The van der Waals surface area contributed by atoms with Gasteiger partial charge in [0.25, 0.3) is 0 Å². The third-order valence-corrected chi connectivity index (χ3v) is 3.30. The van der Waals surface area contributed by atoms with Gasteiger partial charge in [0.15, 0.2) is 0 Å². The second kappa shape index (κ2) is 2.66. The Kier molecular flexibility index (Phi) is 1.52. The first kappa shape index (κ1) is 8.60. The van der Waals surface area contributed by atoms with E-state index in [0.29, 0.717) is 0 Å². The Morgan fingerprint density at radius 3 is 2.67 bits per heavy atom. The van der Waals surface area contributed by atoms with Gasteiger partial charge in [0, 0.05) is 18.1 Å². The van der Waals surface area contributed by atoms with E-state index in [1.807, 2.05) is 19.2 Å². The normalized spacial score (nSPS) is 11.7. The lowest BCUT2D eigenvalue weighted by Gasteiger charge is -1.96. The van der Waals surface area contributed by atoms with E-state index in [1.54, 1.807) is 0 Å². The van der Waals surface area contributed by atoms with Crippen LogP contribution >= 0.6 is 0 Å². The lowest BCUT2D eigenvalue weighted by molar-refractivity contribution is 0.626. The van der Waals surface area contributed by atoms with E-state index < -0.39 is 0 Å². The Morgan fingerprint density at radius 2 is 1.87 bits per heavy atom. The van der Waals surface area contributed by atoms with Gasteiger partial charge in [-0.3, -0.25) is 0 Å². The lowest BCUT2D eigenvalue weighted by atomic mass is 10.1. The summed E-state index contributed by atoms with van der Waals surface area (Å²) >= 11 is 0. The molecular weight excluding hydrogens is 186 g/mol. The summed E-state index contributed by atoms with van der Waals surface area (Å²) < 4.78 is 7.96. The van der Waals surface area contributed by atoms with Crippen molar-refractivity contribution in [3.63, 3.8) is 0 Å². The molecule has 0 fully saturated rings. The molecule has 1 aromatic carbocycles. The number of furan rings is 1. The Morgan fingerprint density at radius 1 is 1.13 bits per heavy atom. The highest BCUT2D eigenvalue weighted by Gasteiger charge is 2.15. The quantitative estimate of drug-likeness (QED) is 0.541. The predicted molar refractivity (Wildman–Crippen MR) is 62.2 cm³/mol. The van der Waals surface area contributed by atoms with E-state index in [2.05, 4.69) is 30.5 Å². The first-order valence-electron chi connectivity index (χ1n) is 5.13. The average molecular weight is 199 g/mol. The van der Waals surface area contributed by atoms with Crippen molar-refractivity contribution in [1.82, 2.24) is 4.57 Å². The molecule has 0 saturated carbocycles. The fraction of sp³-hybridized carbons (Fsp3) is 0.231. The summed E-state index contributed by atoms with van der Waals surface area (Å²) in [5, 5.41) is 2.47. The maximum absolute atomic E-state index is 5.85. The Bertz CT molecular complexity index is 658. The number of nitrogens with zero attached hydrogens (tertiary/aromatic N) is 1. The Hall–Kier alpha value is -1.70. The number of benzene rings is 1. The summed E-state index contributed by atoms with van der Waals surface area (Å²) in [7, 11) is 2.05. The fourth-order valence-electron chi connectivity index (χ4n) is 2.22. The highest BCUT2D eigenvalue weighted by molar-refractivity contribution is 6.06. The molecule has 76 valence electrons. The van der Waals surface area contributed by atoms with Crippen molar-refractivity contribution < 1.29 is 4.42 Å². The van der Waals surface area contributed by atoms with Crippen LogP contribution in [0, 0.1) is 13.8 Å². The SMILES string of the molecule is Cc1c(C)n(C)c2oc3ccccc3c12. The third kappa shape index (κ3) is 0.938. The summed E-state index contributed by atoms with van der Waals surface area (Å²) in [6.07, 6.45) is 0. The van der Waals surface area contributed by atoms with Crippen LogP contribution in [-0.4, -0.2) is 4.57 Å². The van der Waals surface area contributed by atoms with Gasteiger partial charge in [0.2, 0.25) is 5.71 Å². The first-order valence-corrected chi connectivity index (χ1v) is 5.13. The maximum Gasteiger partial charge on any atom is 0.208 e. The largest absolute Gasteiger partial charge is 0.440 e. The average Bonchev–Trinajstić information content (AvgIpc) is 2.72. The van der Waals surface area contributed by atoms with E-state index in [1.165, 1.54) is 22.0 Å². The minimum Gasteiger partial charge on any atom is -0.440 e. The molecule has 0 unspecified atom stereocenters. The molecule has 2 heteroatoms. The molecule has 2 nitrogen and oxygen atoms in total. The molecule has 0 bridgehead atoms. The van der Waals surface area contributed by atoms with Crippen molar-refractivity contribution in [1.29, 1.82) is 0 Å². The summed E-state index contributed by atoms with van der Waals surface area (Å²) in [6.45, 7) is 4.28. The van der Waals surface area contributed by atoms with Gasteiger partial charge < -0.3 is 8.98 Å². The Balaban J connectivity index is 2.65. The van der Waals surface area contributed by atoms with Crippen LogP contribution in [0.15, 0.2) is 28.7 Å². The molecule has 2 aromatic heterocycles. The minimum absolute atomic E-state index is 0.973. The van der Waals surface area contributed by atoms with E-state index in [0.717, 1.165) is 11.3 Å². The number of fused-ring (bicyclic) bond motifs is 3. The summed E-state index contributed by atoms with van der Waals surface area (Å²) in [6, 6.07) is 8.20. The highest BCUT2D eigenvalue weighted by Crippen LogP contribution is 2.33. The second-order valence-corrected chi connectivity index (χ2v) is 4.05. The minimum atomic E-state index is 0.973. The highest BCUT2D eigenvalue weighted by atomic mass is 16.3. The van der Waals surface area contributed by atoms with Gasteiger partial charge >= 0.3 is 0 Å². The number of para-hydroxylation sites is 1. The van der Waals surface area contributed by atoms with Crippen LogP contribution in [0.5, 0.6) is 0 Å². The molecular formula is C13H13NO. The number of aryl methyl sites for hydroxylation is 2. The molecule has 2 heterocycles. The molecule has 0 aliphatic heterocycles. The summed E-state index contributed by atoms with van der Waals surface area (Å²) in [4.78, 5) is 0. The fourth-order valence-corrected chi connectivity index (χ4v) is 2.22. The van der Waals surface area contributed by atoms with Crippen LogP contribution in [0.2, 0.25) is 0 Å². The molecule has 0 saturated heterocycles. The van der Waals surface area contributed by atoms with Crippen LogP contribution in [0.1, 0.15) is 11.3 Å². The zero-order valence-corrected chi connectivity index (χ0v) is 9.16.